The van der Waals surface area contributed by atoms with E-state index >= 15 is 0 Å². The molecule has 1 aliphatic rings. The summed E-state index contributed by atoms with van der Waals surface area (Å²) >= 11 is 0. The summed E-state index contributed by atoms with van der Waals surface area (Å²) in [4.78, 5) is 29.2. The van der Waals surface area contributed by atoms with Gasteiger partial charge in [0, 0.05) is 39.1 Å². The molecule has 0 aliphatic carbocycles. The van der Waals surface area contributed by atoms with Gasteiger partial charge in [0.1, 0.15) is 5.60 Å². The van der Waals surface area contributed by atoms with Gasteiger partial charge in [-0.05, 0) is 34.6 Å². The SMILES string of the molecule is CN=C(NCCC(=O)NC(C)C)NC1CN(C(=O)OC(C)(C)C)C1.I. The number of aliphatic imine (C=N–C) groups is 1. The molecule has 0 atom stereocenters. The van der Waals surface area contributed by atoms with Gasteiger partial charge in [0.05, 0.1) is 6.04 Å². The van der Waals surface area contributed by atoms with Crippen LogP contribution in [0.2, 0.25) is 0 Å². The van der Waals surface area contributed by atoms with Crippen molar-refractivity contribution in [3.63, 3.8) is 0 Å². The highest BCUT2D eigenvalue weighted by molar-refractivity contribution is 14.0. The summed E-state index contributed by atoms with van der Waals surface area (Å²) in [5, 5.41) is 9.16. The van der Waals surface area contributed by atoms with Gasteiger partial charge in [-0.3, -0.25) is 9.79 Å². The Morgan fingerprint density at radius 1 is 1.28 bits per heavy atom. The monoisotopic (exact) mass is 469 g/mol. The van der Waals surface area contributed by atoms with Gasteiger partial charge in [0.15, 0.2) is 5.96 Å². The van der Waals surface area contributed by atoms with Crippen molar-refractivity contribution in [1.82, 2.24) is 20.9 Å². The van der Waals surface area contributed by atoms with E-state index in [-0.39, 0.29) is 48.1 Å². The fourth-order valence-electron chi connectivity index (χ4n) is 2.12. The number of nitrogens with zero attached hydrogens (tertiary/aromatic N) is 2. The van der Waals surface area contributed by atoms with Crippen LogP contribution in [0.15, 0.2) is 4.99 Å². The number of amides is 2. The first kappa shape index (κ1) is 23.7. The van der Waals surface area contributed by atoms with Gasteiger partial charge in [-0.2, -0.15) is 0 Å². The maximum Gasteiger partial charge on any atom is 0.410 e. The topological polar surface area (TPSA) is 95.1 Å². The second-order valence-corrected chi connectivity index (χ2v) is 7.20. The summed E-state index contributed by atoms with van der Waals surface area (Å²) in [6.07, 6.45) is 0.0852. The van der Waals surface area contributed by atoms with Crippen molar-refractivity contribution >= 4 is 41.9 Å². The van der Waals surface area contributed by atoms with Gasteiger partial charge in [-0.1, -0.05) is 0 Å². The van der Waals surface area contributed by atoms with Crippen molar-refractivity contribution in [2.45, 2.75) is 58.7 Å². The largest absolute Gasteiger partial charge is 0.444 e. The van der Waals surface area contributed by atoms with E-state index in [4.69, 9.17) is 4.74 Å². The highest BCUT2D eigenvalue weighted by Gasteiger charge is 2.34. The van der Waals surface area contributed by atoms with E-state index in [1.54, 1.807) is 11.9 Å². The molecule has 146 valence electrons. The van der Waals surface area contributed by atoms with Crippen LogP contribution in [0.3, 0.4) is 0 Å². The van der Waals surface area contributed by atoms with E-state index in [0.717, 1.165) is 0 Å². The van der Waals surface area contributed by atoms with Crippen LogP contribution in [0, 0.1) is 0 Å². The van der Waals surface area contributed by atoms with Crippen LogP contribution in [0.4, 0.5) is 4.79 Å². The third-order valence-corrected chi connectivity index (χ3v) is 3.19. The van der Waals surface area contributed by atoms with Crippen LogP contribution in [0.25, 0.3) is 0 Å². The summed E-state index contributed by atoms with van der Waals surface area (Å²) in [7, 11) is 1.67. The van der Waals surface area contributed by atoms with E-state index in [9.17, 15) is 9.59 Å². The number of guanidine groups is 1. The fourth-order valence-corrected chi connectivity index (χ4v) is 2.12. The number of nitrogens with one attached hydrogen (secondary N) is 3. The first-order valence-electron chi connectivity index (χ1n) is 8.35. The molecule has 0 radical (unpaired) electrons. The Bertz CT molecular complexity index is 471. The molecule has 1 rings (SSSR count). The lowest BCUT2D eigenvalue weighted by atomic mass is 10.1. The van der Waals surface area contributed by atoms with Crippen LogP contribution < -0.4 is 16.0 Å². The Balaban J connectivity index is 0.00000576. The quantitative estimate of drug-likeness (QED) is 0.321. The van der Waals surface area contributed by atoms with Gasteiger partial charge in [-0.15, -0.1) is 24.0 Å². The van der Waals surface area contributed by atoms with E-state index < -0.39 is 5.60 Å². The average Bonchev–Trinajstić information content (AvgIpc) is 2.36. The van der Waals surface area contributed by atoms with Crippen LogP contribution in [-0.4, -0.2) is 67.2 Å². The molecule has 0 unspecified atom stereocenters. The highest BCUT2D eigenvalue weighted by Crippen LogP contribution is 2.15. The molecule has 0 bridgehead atoms. The molecular weight excluding hydrogens is 437 g/mol. The molecule has 0 aromatic carbocycles. The summed E-state index contributed by atoms with van der Waals surface area (Å²) in [6.45, 7) is 11.1. The van der Waals surface area contributed by atoms with Gasteiger partial charge in [0.2, 0.25) is 5.91 Å². The Hall–Kier alpha value is -1.26. The van der Waals surface area contributed by atoms with Crippen molar-refractivity contribution in [3.8, 4) is 0 Å². The maximum atomic E-state index is 11.9. The Morgan fingerprint density at radius 2 is 1.88 bits per heavy atom. The normalized spacial score (nSPS) is 15.2. The lowest BCUT2D eigenvalue weighted by molar-refractivity contribution is -0.121. The molecule has 2 amide bonds. The number of likely N-dealkylation sites (tertiary alicyclic amines) is 1. The number of hydrogen-bond acceptors (Lipinski definition) is 4. The smallest absolute Gasteiger partial charge is 0.410 e. The molecule has 9 heteroatoms. The molecule has 0 spiro atoms. The van der Waals surface area contributed by atoms with Crippen LogP contribution in [0.1, 0.15) is 41.0 Å². The molecule has 3 N–H and O–H groups in total. The first-order chi connectivity index (χ1) is 11.1. The average molecular weight is 469 g/mol. The molecule has 1 heterocycles. The van der Waals surface area contributed by atoms with Gasteiger partial charge in [-0.25, -0.2) is 4.79 Å². The zero-order chi connectivity index (χ0) is 18.3. The molecule has 1 fully saturated rings. The number of carbonyl (C=O) groups is 2. The van der Waals surface area contributed by atoms with E-state index in [2.05, 4.69) is 20.9 Å². The molecular formula is C16H32IN5O3. The number of rotatable bonds is 5. The summed E-state index contributed by atoms with van der Waals surface area (Å²) in [6, 6.07) is 0.275. The molecule has 25 heavy (non-hydrogen) atoms. The van der Waals surface area contributed by atoms with E-state index in [0.29, 0.717) is 32.0 Å². The molecule has 0 aromatic rings. The van der Waals surface area contributed by atoms with Gasteiger partial charge in [0.25, 0.3) is 0 Å². The predicted octanol–water partition coefficient (Wildman–Crippen LogP) is 1.30. The number of carbonyl (C=O) groups excluding carboxylic acids is 2. The minimum atomic E-state index is -0.482. The minimum Gasteiger partial charge on any atom is -0.444 e. The third kappa shape index (κ3) is 9.71. The fraction of sp³-hybridized carbons (Fsp3) is 0.812. The van der Waals surface area contributed by atoms with Crippen molar-refractivity contribution in [3.05, 3.63) is 0 Å². The third-order valence-electron chi connectivity index (χ3n) is 3.19. The Kier molecular flexibility index (Phi) is 10.1. The summed E-state index contributed by atoms with van der Waals surface area (Å²) in [5.41, 5.74) is -0.482. The van der Waals surface area contributed by atoms with Gasteiger partial charge >= 0.3 is 6.09 Å². The standard InChI is InChI=1S/C16H31N5O3.HI/c1-11(2)19-13(22)7-8-18-14(17-6)20-12-9-21(10-12)15(23)24-16(3,4)5;/h11-12H,7-10H2,1-6H3,(H,19,22)(H2,17,18,20);1H. The van der Waals surface area contributed by atoms with Crippen LogP contribution in [-0.2, 0) is 9.53 Å². The van der Waals surface area contributed by atoms with Crippen molar-refractivity contribution < 1.29 is 14.3 Å². The highest BCUT2D eigenvalue weighted by atomic mass is 127. The second-order valence-electron chi connectivity index (χ2n) is 7.20. The number of ether oxygens (including phenoxy) is 1. The maximum absolute atomic E-state index is 11.9. The van der Waals surface area contributed by atoms with E-state index in [1.807, 2.05) is 34.6 Å². The number of hydrogen-bond donors (Lipinski definition) is 3. The Morgan fingerprint density at radius 3 is 2.36 bits per heavy atom. The molecule has 8 nitrogen and oxygen atoms in total. The van der Waals surface area contributed by atoms with Crippen LogP contribution in [0.5, 0.6) is 0 Å². The lowest BCUT2D eigenvalue weighted by Gasteiger charge is -2.40. The molecule has 1 saturated heterocycles. The van der Waals surface area contributed by atoms with Crippen molar-refractivity contribution in [2.24, 2.45) is 4.99 Å². The van der Waals surface area contributed by atoms with Crippen molar-refractivity contribution in [1.29, 1.82) is 0 Å². The van der Waals surface area contributed by atoms with E-state index in [1.165, 1.54) is 0 Å². The molecule has 0 aromatic heterocycles. The minimum absolute atomic E-state index is 0. The molecule has 0 saturated carbocycles. The lowest BCUT2D eigenvalue weighted by Crippen LogP contribution is -2.63. The zero-order valence-corrected chi connectivity index (χ0v) is 18.3. The zero-order valence-electron chi connectivity index (χ0n) is 16.0. The van der Waals surface area contributed by atoms with Crippen molar-refractivity contribution in [2.75, 3.05) is 26.7 Å². The van der Waals surface area contributed by atoms with Gasteiger partial charge < -0.3 is 25.6 Å². The number of halogens is 1. The summed E-state index contributed by atoms with van der Waals surface area (Å²) in [5.74, 6) is 0.633. The predicted molar refractivity (Wildman–Crippen MR) is 109 cm³/mol. The van der Waals surface area contributed by atoms with Crippen LogP contribution >= 0.6 is 24.0 Å². The first-order valence-corrected chi connectivity index (χ1v) is 8.35. The summed E-state index contributed by atoms with van der Waals surface area (Å²) < 4.78 is 5.31. The second kappa shape index (κ2) is 10.7. The Labute approximate surface area is 167 Å². The molecule has 1 aliphatic heterocycles.